The zero-order chi connectivity index (χ0) is 11.7. The molecule has 1 heterocycles. The molecule has 88 valence electrons. The predicted molar refractivity (Wildman–Crippen MR) is 60.5 cm³/mol. The molecule has 1 fully saturated rings. The molecule has 16 heavy (non-hydrogen) atoms. The van der Waals surface area contributed by atoms with Crippen LogP contribution in [0.5, 0.6) is 0 Å². The molecule has 2 N–H and O–H groups in total. The molecule has 1 aromatic carbocycles. The van der Waals surface area contributed by atoms with Crippen molar-refractivity contribution in [2.75, 3.05) is 18.0 Å². The summed E-state index contributed by atoms with van der Waals surface area (Å²) in [5.41, 5.74) is 6.35. The van der Waals surface area contributed by atoms with Crippen LogP contribution < -0.4 is 10.6 Å². The van der Waals surface area contributed by atoms with Gasteiger partial charge in [-0.1, -0.05) is 6.07 Å². The summed E-state index contributed by atoms with van der Waals surface area (Å²) in [6.07, 6.45) is 1.57. The lowest BCUT2D eigenvalue weighted by molar-refractivity contribution is 0.482. The maximum Gasteiger partial charge on any atom is 0.152 e. The number of aryl methyl sites for hydroxylation is 1. The molecule has 0 saturated carbocycles. The van der Waals surface area contributed by atoms with Crippen molar-refractivity contribution in [3.63, 3.8) is 0 Å². The first kappa shape index (κ1) is 11.3. The van der Waals surface area contributed by atoms with Crippen molar-refractivity contribution >= 4 is 5.69 Å². The SMILES string of the molecule is Cc1ccc(F)c(N2CCC(N)CC2)c1F. The minimum absolute atomic E-state index is 0.104. The van der Waals surface area contributed by atoms with E-state index in [0.717, 1.165) is 12.8 Å². The molecule has 0 unspecified atom stereocenters. The van der Waals surface area contributed by atoms with Gasteiger partial charge < -0.3 is 10.6 Å². The summed E-state index contributed by atoms with van der Waals surface area (Å²) in [5, 5.41) is 0. The molecule has 4 heteroatoms. The topological polar surface area (TPSA) is 29.3 Å². The maximum atomic E-state index is 13.8. The molecular formula is C12H16F2N2. The number of hydrogen-bond donors (Lipinski definition) is 1. The van der Waals surface area contributed by atoms with Crippen LogP contribution >= 0.6 is 0 Å². The van der Waals surface area contributed by atoms with Crippen molar-refractivity contribution in [2.45, 2.75) is 25.8 Å². The predicted octanol–water partition coefficient (Wildman–Crippen LogP) is 2.20. The lowest BCUT2D eigenvalue weighted by Crippen LogP contribution is -2.40. The van der Waals surface area contributed by atoms with E-state index < -0.39 is 11.6 Å². The Balaban J connectivity index is 2.29. The Kier molecular flexibility index (Phi) is 3.10. The molecule has 1 aliphatic heterocycles. The highest BCUT2D eigenvalue weighted by atomic mass is 19.1. The van der Waals surface area contributed by atoms with E-state index in [1.54, 1.807) is 11.8 Å². The molecule has 0 atom stereocenters. The van der Waals surface area contributed by atoms with Gasteiger partial charge in [-0.25, -0.2) is 8.78 Å². The van der Waals surface area contributed by atoms with E-state index in [-0.39, 0.29) is 11.7 Å². The summed E-state index contributed by atoms with van der Waals surface area (Å²) in [4.78, 5) is 1.75. The normalized spacial score (nSPS) is 17.9. The lowest BCUT2D eigenvalue weighted by Gasteiger charge is -2.32. The van der Waals surface area contributed by atoms with Gasteiger partial charge in [0.15, 0.2) is 5.82 Å². The fourth-order valence-electron chi connectivity index (χ4n) is 2.05. The van der Waals surface area contributed by atoms with Crippen molar-refractivity contribution in [3.8, 4) is 0 Å². The number of halogens is 2. The fraction of sp³-hybridized carbons (Fsp3) is 0.500. The minimum Gasteiger partial charge on any atom is -0.367 e. The molecular weight excluding hydrogens is 210 g/mol. The van der Waals surface area contributed by atoms with Crippen molar-refractivity contribution in [1.82, 2.24) is 0 Å². The first-order valence-corrected chi connectivity index (χ1v) is 5.54. The van der Waals surface area contributed by atoms with Crippen LogP contribution in [0.1, 0.15) is 18.4 Å². The standard InChI is InChI=1S/C12H16F2N2/c1-8-2-3-10(13)12(11(8)14)16-6-4-9(15)5-7-16/h2-3,9H,4-7,15H2,1H3. The van der Waals surface area contributed by atoms with Crippen molar-refractivity contribution in [1.29, 1.82) is 0 Å². The number of nitrogens with zero attached hydrogens (tertiary/aromatic N) is 1. The molecule has 0 aromatic heterocycles. The quantitative estimate of drug-likeness (QED) is 0.795. The van der Waals surface area contributed by atoms with E-state index in [2.05, 4.69) is 0 Å². The minimum atomic E-state index is -0.487. The van der Waals surface area contributed by atoms with E-state index in [0.29, 0.717) is 18.7 Å². The van der Waals surface area contributed by atoms with E-state index >= 15 is 0 Å². The summed E-state index contributed by atoms with van der Waals surface area (Å²) < 4.78 is 27.4. The Labute approximate surface area is 94.0 Å². The van der Waals surface area contributed by atoms with Crippen LogP contribution in [0.2, 0.25) is 0 Å². The molecule has 0 radical (unpaired) electrons. The van der Waals surface area contributed by atoms with Gasteiger partial charge in [0.1, 0.15) is 11.5 Å². The summed E-state index contributed by atoms with van der Waals surface area (Å²) in [7, 11) is 0. The summed E-state index contributed by atoms with van der Waals surface area (Å²) in [6, 6.07) is 2.94. The zero-order valence-corrected chi connectivity index (χ0v) is 9.34. The molecule has 2 nitrogen and oxygen atoms in total. The van der Waals surface area contributed by atoms with Crippen molar-refractivity contribution in [2.24, 2.45) is 5.73 Å². The molecule has 1 aliphatic rings. The van der Waals surface area contributed by atoms with Gasteiger partial charge in [-0.3, -0.25) is 0 Å². The number of hydrogen-bond acceptors (Lipinski definition) is 2. The molecule has 0 amide bonds. The monoisotopic (exact) mass is 226 g/mol. The Bertz CT molecular complexity index is 385. The molecule has 2 rings (SSSR count). The van der Waals surface area contributed by atoms with Crippen molar-refractivity contribution in [3.05, 3.63) is 29.3 Å². The molecule has 1 saturated heterocycles. The van der Waals surface area contributed by atoms with E-state index in [1.165, 1.54) is 12.1 Å². The highest BCUT2D eigenvalue weighted by Crippen LogP contribution is 2.28. The van der Waals surface area contributed by atoms with Gasteiger partial charge in [-0.15, -0.1) is 0 Å². The van der Waals surface area contributed by atoms with Crippen LogP contribution in [0.4, 0.5) is 14.5 Å². The number of benzene rings is 1. The molecule has 0 bridgehead atoms. The Morgan fingerprint density at radius 3 is 2.50 bits per heavy atom. The third kappa shape index (κ3) is 2.02. The first-order valence-electron chi connectivity index (χ1n) is 5.54. The number of piperidine rings is 1. The number of nitrogens with two attached hydrogens (primary N) is 1. The number of anilines is 1. The largest absolute Gasteiger partial charge is 0.367 e. The first-order chi connectivity index (χ1) is 7.59. The second-order valence-corrected chi connectivity index (χ2v) is 4.35. The Hall–Kier alpha value is -1.16. The Morgan fingerprint density at radius 1 is 1.25 bits per heavy atom. The van der Waals surface area contributed by atoms with Gasteiger partial charge in [0.05, 0.1) is 0 Å². The highest BCUT2D eigenvalue weighted by Gasteiger charge is 2.22. The number of rotatable bonds is 1. The van der Waals surface area contributed by atoms with Gasteiger partial charge in [0.2, 0.25) is 0 Å². The van der Waals surface area contributed by atoms with Gasteiger partial charge in [0.25, 0.3) is 0 Å². The van der Waals surface area contributed by atoms with E-state index in [9.17, 15) is 8.78 Å². The fourth-order valence-corrected chi connectivity index (χ4v) is 2.05. The van der Waals surface area contributed by atoms with Crippen LogP contribution in [-0.2, 0) is 0 Å². The third-order valence-corrected chi connectivity index (χ3v) is 3.12. The van der Waals surface area contributed by atoms with Crippen LogP contribution in [0, 0.1) is 18.6 Å². The lowest BCUT2D eigenvalue weighted by atomic mass is 10.0. The van der Waals surface area contributed by atoms with Crippen LogP contribution in [0.3, 0.4) is 0 Å². The molecule has 0 aliphatic carbocycles. The van der Waals surface area contributed by atoms with Gasteiger partial charge in [-0.05, 0) is 31.4 Å². The smallest absolute Gasteiger partial charge is 0.152 e. The Morgan fingerprint density at radius 2 is 1.88 bits per heavy atom. The van der Waals surface area contributed by atoms with Crippen LogP contribution in [-0.4, -0.2) is 19.1 Å². The zero-order valence-electron chi connectivity index (χ0n) is 9.34. The third-order valence-electron chi connectivity index (χ3n) is 3.12. The summed E-state index contributed by atoms with van der Waals surface area (Å²) >= 11 is 0. The molecule has 1 aromatic rings. The molecule has 0 spiro atoms. The summed E-state index contributed by atoms with van der Waals surface area (Å²) in [6.45, 7) is 2.89. The average molecular weight is 226 g/mol. The van der Waals surface area contributed by atoms with E-state index in [1.807, 2.05) is 0 Å². The average Bonchev–Trinajstić information content (AvgIpc) is 2.27. The van der Waals surface area contributed by atoms with Crippen LogP contribution in [0.15, 0.2) is 12.1 Å². The van der Waals surface area contributed by atoms with Gasteiger partial charge in [-0.2, -0.15) is 0 Å². The van der Waals surface area contributed by atoms with Crippen molar-refractivity contribution < 1.29 is 8.78 Å². The van der Waals surface area contributed by atoms with Gasteiger partial charge in [0, 0.05) is 19.1 Å². The van der Waals surface area contributed by atoms with Gasteiger partial charge >= 0.3 is 0 Å². The summed E-state index contributed by atoms with van der Waals surface area (Å²) in [5.74, 6) is -0.936. The van der Waals surface area contributed by atoms with E-state index in [4.69, 9.17) is 5.73 Å². The highest BCUT2D eigenvalue weighted by molar-refractivity contribution is 5.51. The second kappa shape index (κ2) is 4.37. The maximum absolute atomic E-state index is 13.8. The van der Waals surface area contributed by atoms with Crippen LogP contribution in [0.25, 0.3) is 0 Å². The second-order valence-electron chi connectivity index (χ2n) is 4.35.